The molecule has 0 bridgehead atoms. The summed E-state index contributed by atoms with van der Waals surface area (Å²) >= 11 is 0. The summed E-state index contributed by atoms with van der Waals surface area (Å²) < 4.78 is 5.66. The SMILES string of the molecule is C#CC(CC)NC1CCCC1C1CCCCN1C(=O)OC(C)(C)C. The van der Waals surface area contributed by atoms with Gasteiger partial charge in [0.2, 0.25) is 0 Å². The normalized spacial score (nSPS) is 29.1. The van der Waals surface area contributed by atoms with Crippen molar-refractivity contribution in [2.45, 2.75) is 96.4 Å². The molecule has 24 heavy (non-hydrogen) atoms. The Morgan fingerprint density at radius 3 is 2.67 bits per heavy atom. The summed E-state index contributed by atoms with van der Waals surface area (Å²) in [6.45, 7) is 8.73. The molecule has 2 rings (SSSR count). The second-order valence-electron chi connectivity index (χ2n) is 8.23. The Labute approximate surface area is 147 Å². The van der Waals surface area contributed by atoms with Gasteiger partial charge in [-0.3, -0.25) is 0 Å². The Morgan fingerprint density at radius 2 is 2.04 bits per heavy atom. The van der Waals surface area contributed by atoms with Gasteiger partial charge in [-0.25, -0.2) is 4.79 Å². The standard InChI is InChI=1S/C20H34N2O2/c1-6-15(7-2)21-17-12-10-11-16(17)18-13-8-9-14-22(18)19(23)24-20(3,4)5/h1,15-18,21H,7-14H2,2-5H3. The van der Waals surface area contributed by atoms with Gasteiger partial charge in [0, 0.05) is 18.6 Å². The van der Waals surface area contributed by atoms with E-state index in [-0.39, 0.29) is 18.2 Å². The molecule has 0 radical (unpaired) electrons. The van der Waals surface area contributed by atoms with Gasteiger partial charge in [0.1, 0.15) is 5.60 Å². The van der Waals surface area contributed by atoms with E-state index in [0.29, 0.717) is 12.0 Å². The van der Waals surface area contributed by atoms with Crippen molar-refractivity contribution in [2.24, 2.45) is 5.92 Å². The lowest BCUT2D eigenvalue weighted by atomic mass is 9.86. The third kappa shape index (κ3) is 4.89. The number of nitrogens with one attached hydrogen (secondary N) is 1. The number of terminal acetylenes is 1. The molecule has 1 N–H and O–H groups in total. The second-order valence-corrected chi connectivity index (χ2v) is 8.23. The fraction of sp³-hybridized carbons (Fsp3) is 0.850. The molecule has 0 spiro atoms. The van der Waals surface area contributed by atoms with Crippen LogP contribution in [0.2, 0.25) is 0 Å². The maximum Gasteiger partial charge on any atom is 0.410 e. The molecule has 2 aliphatic rings. The van der Waals surface area contributed by atoms with E-state index in [1.807, 2.05) is 25.7 Å². The number of carbonyl (C=O) groups is 1. The highest BCUT2D eigenvalue weighted by molar-refractivity contribution is 5.68. The van der Waals surface area contributed by atoms with Crippen LogP contribution in [0.15, 0.2) is 0 Å². The first-order valence-corrected chi connectivity index (χ1v) is 9.57. The van der Waals surface area contributed by atoms with Gasteiger partial charge in [-0.2, -0.15) is 0 Å². The van der Waals surface area contributed by atoms with E-state index >= 15 is 0 Å². The van der Waals surface area contributed by atoms with Gasteiger partial charge in [0.15, 0.2) is 0 Å². The van der Waals surface area contributed by atoms with E-state index in [1.165, 1.54) is 19.3 Å². The Morgan fingerprint density at radius 1 is 1.29 bits per heavy atom. The molecular weight excluding hydrogens is 300 g/mol. The molecule has 1 heterocycles. The molecule has 136 valence electrons. The lowest BCUT2D eigenvalue weighted by Crippen LogP contribution is -2.53. The van der Waals surface area contributed by atoms with Crippen molar-refractivity contribution in [2.75, 3.05) is 6.54 Å². The third-order valence-electron chi connectivity index (χ3n) is 5.27. The lowest BCUT2D eigenvalue weighted by molar-refractivity contribution is -0.000229. The largest absolute Gasteiger partial charge is 0.444 e. The van der Waals surface area contributed by atoms with Gasteiger partial charge in [-0.1, -0.05) is 19.3 Å². The van der Waals surface area contributed by atoms with Crippen molar-refractivity contribution in [3.05, 3.63) is 0 Å². The van der Waals surface area contributed by atoms with Crippen LogP contribution in [-0.4, -0.2) is 41.3 Å². The molecule has 4 unspecified atom stereocenters. The molecule has 2 fully saturated rings. The number of rotatable bonds is 4. The van der Waals surface area contributed by atoms with Crippen LogP contribution in [0.3, 0.4) is 0 Å². The summed E-state index contributed by atoms with van der Waals surface area (Å²) in [5.74, 6) is 3.34. The first kappa shape index (κ1) is 19.1. The van der Waals surface area contributed by atoms with E-state index in [0.717, 1.165) is 32.2 Å². The quantitative estimate of drug-likeness (QED) is 0.792. The molecule has 1 amide bonds. The summed E-state index contributed by atoms with van der Waals surface area (Å²) in [6, 6.07) is 0.831. The van der Waals surface area contributed by atoms with Crippen LogP contribution < -0.4 is 5.32 Å². The minimum Gasteiger partial charge on any atom is -0.444 e. The second kappa shape index (κ2) is 8.25. The Hall–Kier alpha value is -1.21. The van der Waals surface area contributed by atoms with Gasteiger partial charge < -0.3 is 15.0 Å². The summed E-state index contributed by atoms with van der Waals surface area (Å²) in [4.78, 5) is 14.7. The van der Waals surface area contributed by atoms with E-state index < -0.39 is 5.60 Å². The average Bonchev–Trinajstić information content (AvgIpc) is 2.99. The number of piperidine rings is 1. The first-order chi connectivity index (χ1) is 11.4. The maximum absolute atomic E-state index is 12.7. The minimum absolute atomic E-state index is 0.133. The van der Waals surface area contributed by atoms with Gasteiger partial charge in [0.05, 0.1) is 6.04 Å². The number of hydrogen-bond acceptors (Lipinski definition) is 3. The number of hydrogen-bond donors (Lipinski definition) is 1. The molecule has 1 aliphatic heterocycles. The van der Waals surface area contributed by atoms with E-state index in [2.05, 4.69) is 18.2 Å². The molecule has 4 heteroatoms. The molecular formula is C20H34N2O2. The van der Waals surface area contributed by atoms with Gasteiger partial charge in [0.25, 0.3) is 0 Å². The van der Waals surface area contributed by atoms with Crippen molar-refractivity contribution >= 4 is 6.09 Å². The van der Waals surface area contributed by atoms with Crippen LogP contribution in [0, 0.1) is 18.3 Å². The predicted octanol–water partition coefficient (Wildman–Crippen LogP) is 3.95. The third-order valence-corrected chi connectivity index (χ3v) is 5.27. The maximum atomic E-state index is 12.7. The number of nitrogens with zero attached hydrogens (tertiary/aromatic N) is 1. The van der Waals surface area contributed by atoms with Crippen LogP contribution in [-0.2, 0) is 4.74 Å². The molecule has 0 aromatic heterocycles. The van der Waals surface area contributed by atoms with E-state index in [9.17, 15) is 4.79 Å². The van der Waals surface area contributed by atoms with Crippen LogP contribution in [0.25, 0.3) is 0 Å². The molecule has 0 aromatic rings. The number of likely N-dealkylation sites (tertiary alicyclic amines) is 1. The van der Waals surface area contributed by atoms with Crippen molar-refractivity contribution in [1.82, 2.24) is 10.2 Å². The minimum atomic E-state index is -0.441. The number of carbonyl (C=O) groups excluding carboxylic acids is 1. The zero-order valence-electron chi connectivity index (χ0n) is 15.8. The zero-order valence-corrected chi connectivity index (χ0v) is 15.8. The highest BCUT2D eigenvalue weighted by atomic mass is 16.6. The zero-order chi connectivity index (χ0) is 17.7. The Balaban J connectivity index is 2.08. The van der Waals surface area contributed by atoms with Crippen LogP contribution in [0.1, 0.15) is 72.6 Å². The fourth-order valence-electron chi connectivity index (χ4n) is 4.15. The molecule has 1 saturated heterocycles. The first-order valence-electron chi connectivity index (χ1n) is 9.57. The van der Waals surface area contributed by atoms with Crippen molar-refractivity contribution in [1.29, 1.82) is 0 Å². The van der Waals surface area contributed by atoms with E-state index in [4.69, 9.17) is 11.2 Å². The number of amides is 1. The molecule has 1 saturated carbocycles. The fourth-order valence-corrected chi connectivity index (χ4v) is 4.15. The van der Waals surface area contributed by atoms with Crippen molar-refractivity contribution in [3.63, 3.8) is 0 Å². The number of ether oxygens (including phenoxy) is 1. The molecule has 1 aliphatic carbocycles. The summed E-state index contributed by atoms with van der Waals surface area (Å²) in [6.07, 6.45) is 13.3. The average molecular weight is 335 g/mol. The van der Waals surface area contributed by atoms with Crippen molar-refractivity contribution in [3.8, 4) is 12.3 Å². The summed E-state index contributed by atoms with van der Waals surface area (Å²) in [5.41, 5.74) is -0.441. The van der Waals surface area contributed by atoms with Gasteiger partial charge >= 0.3 is 6.09 Å². The van der Waals surface area contributed by atoms with Gasteiger partial charge in [-0.05, 0) is 65.2 Å². The summed E-state index contributed by atoms with van der Waals surface area (Å²) in [7, 11) is 0. The van der Waals surface area contributed by atoms with Crippen LogP contribution >= 0.6 is 0 Å². The monoisotopic (exact) mass is 334 g/mol. The predicted molar refractivity (Wildman–Crippen MR) is 97.8 cm³/mol. The van der Waals surface area contributed by atoms with Crippen molar-refractivity contribution < 1.29 is 9.53 Å². The molecule has 4 nitrogen and oxygen atoms in total. The van der Waals surface area contributed by atoms with E-state index in [1.54, 1.807) is 0 Å². The lowest BCUT2D eigenvalue weighted by Gasteiger charge is -2.42. The molecule has 0 aromatic carbocycles. The topological polar surface area (TPSA) is 41.6 Å². The Kier molecular flexibility index (Phi) is 6.57. The highest BCUT2D eigenvalue weighted by Crippen LogP contribution is 2.36. The highest BCUT2D eigenvalue weighted by Gasteiger charge is 2.41. The molecule has 4 atom stereocenters. The smallest absolute Gasteiger partial charge is 0.410 e. The van der Waals surface area contributed by atoms with Gasteiger partial charge in [-0.15, -0.1) is 6.42 Å². The summed E-state index contributed by atoms with van der Waals surface area (Å²) in [5, 5.41) is 3.66. The van der Waals surface area contributed by atoms with Crippen LogP contribution in [0.4, 0.5) is 4.79 Å². The van der Waals surface area contributed by atoms with Crippen LogP contribution in [0.5, 0.6) is 0 Å². The Bertz CT molecular complexity index is 463.